The first-order valence-corrected chi connectivity index (χ1v) is 10.3. The van der Waals surface area contributed by atoms with Crippen molar-refractivity contribution in [2.24, 2.45) is 11.8 Å². The number of benzene rings is 2. The highest BCUT2D eigenvalue weighted by molar-refractivity contribution is 5.95. The Hall–Kier alpha value is -2.82. The van der Waals surface area contributed by atoms with E-state index < -0.39 is 0 Å². The normalized spacial score (nSPS) is 21.1. The highest BCUT2D eigenvalue weighted by Gasteiger charge is 2.41. The van der Waals surface area contributed by atoms with Crippen LogP contribution in [0.2, 0.25) is 0 Å². The Labute approximate surface area is 172 Å². The molecule has 1 heterocycles. The van der Waals surface area contributed by atoms with E-state index in [9.17, 15) is 9.59 Å². The molecule has 2 unspecified atom stereocenters. The summed E-state index contributed by atoms with van der Waals surface area (Å²) >= 11 is 0. The van der Waals surface area contributed by atoms with Crippen LogP contribution in [0.15, 0.2) is 48.5 Å². The Morgan fingerprint density at radius 2 is 1.86 bits per heavy atom. The first kappa shape index (κ1) is 19.5. The minimum atomic E-state index is -0.254. The quantitative estimate of drug-likeness (QED) is 0.820. The summed E-state index contributed by atoms with van der Waals surface area (Å²) in [6.45, 7) is 3.71. The third kappa shape index (κ3) is 4.44. The molecule has 2 aromatic carbocycles. The van der Waals surface area contributed by atoms with E-state index in [0.717, 1.165) is 23.4 Å². The van der Waals surface area contributed by atoms with E-state index in [4.69, 9.17) is 4.74 Å². The molecular formula is C24H28N2O3. The Morgan fingerprint density at radius 3 is 2.55 bits per heavy atom. The Balaban J connectivity index is 1.56. The molecule has 152 valence electrons. The lowest BCUT2D eigenvalue weighted by Gasteiger charge is -2.18. The molecule has 0 bridgehead atoms. The van der Waals surface area contributed by atoms with Crippen molar-refractivity contribution in [3.05, 3.63) is 65.2 Å². The van der Waals surface area contributed by atoms with E-state index in [1.807, 2.05) is 60.4 Å². The molecule has 1 saturated carbocycles. The van der Waals surface area contributed by atoms with Crippen LogP contribution in [-0.2, 0) is 4.79 Å². The standard InChI is InChI=1S/C24H28N2O3/c1-16-6-10-18(11-7-16)24(28)26-14-21(19-4-3-5-20(12-19)29-2)22(15-26)23(27)25-13-17-8-9-17/h3-7,10-12,17,21-22H,8-9,13-15H2,1-2H3,(H,25,27). The third-order valence-electron chi connectivity index (χ3n) is 6.03. The zero-order valence-electron chi connectivity index (χ0n) is 17.1. The number of hydrogen-bond acceptors (Lipinski definition) is 3. The van der Waals surface area contributed by atoms with Crippen LogP contribution >= 0.6 is 0 Å². The van der Waals surface area contributed by atoms with Crippen LogP contribution in [-0.4, -0.2) is 43.5 Å². The van der Waals surface area contributed by atoms with Crippen LogP contribution in [0.3, 0.4) is 0 Å². The first-order chi connectivity index (χ1) is 14.0. The number of likely N-dealkylation sites (tertiary alicyclic amines) is 1. The van der Waals surface area contributed by atoms with Crippen molar-refractivity contribution in [2.45, 2.75) is 25.7 Å². The number of hydrogen-bond donors (Lipinski definition) is 1. The molecular weight excluding hydrogens is 364 g/mol. The maximum absolute atomic E-state index is 13.1. The summed E-state index contributed by atoms with van der Waals surface area (Å²) in [5.74, 6) is 1.12. The third-order valence-corrected chi connectivity index (χ3v) is 6.03. The molecule has 1 saturated heterocycles. The Kier molecular flexibility index (Phi) is 5.56. The average molecular weight is 392 g/mol. The molecule has 0 radical (unpaired) electrons. The summed E-state index contributed by atoms with van der Waals surface area (Å²) in [5.41, 5.74) is 2.82. The van der Waals surface area contributed by atoms with Crippen molar-refractivity contribution in [3.8, 4) is 5.75 Å². The number of nitrogens with one attached hydrogen (secondary N) is 1. The van der Waals surface area contributed by atoms with Gasteiger partial charge in [0.05, 0.1) is 13.0 Å². The Bertz CT molecular complexity index is 889. The minimum absolute atomic E-state index is 0.0182. The lowest BCUT2D eigenvalue weighted by Crippen LogP contribution is -2.36. The number of nitrogens with zero attached hydrogens (tertiary/aromatic N) is 1. The van der Waals surface area contributed by atoms with Crippen LogP contribution in [0.1, 0.15) is 40.2 Å². The molecule has 2 amide bonds. The molecule has 4 rings (SSSR count). The predicted molar refractivity (Wildman–Crippen MR) is 112 cm³/mol. The molecule has 1 aliphatic carbocycles. The lowest BCUT2D eigenvalue weighted by molar-refractivity contribution is -0.125. The van der Waals surface area contributed by atoms with Gasteiger partial charge in [-0.1, -0.05) is 29.8 Å². The fourth-order valence-electron chi connectivity index (χ4n) is 4.02. The van der Waals surface area contributed by atoms with Crippen LogP contribution in [0.25, 0.3) is 0 Å². The molecule has 2 fully saturated rings. The fourth-order valence-corrected chi connectivity index (χ4v) is 4.02. The molecule has 1 aliphatic heterocycles. The van der Waals surface area contributed by atoms with E-state index in [2.05, 4.69) is 5.32 Å². The van der Waals surface area contributed by atoms with E-state index >= 15 is 0 Å². The number of methoxy groups -OCH3 is 1. The van der Waals surface area contributed by atoms with E-state index in [-0.39, 0.29) is 23.7 Å². The maximum atomic E-state index is 13.1. The van der Waals surface area contributed by atoms with Gasteiger partial charge in [-0.3, -0.25) is 9.59 Å². The second-order valence-corrected chi connectivity index (χ2v) is 8.25. The molecule has 29 heavy (non-hydrogen) atoms. The molecule has 1 N–H and O–H groups in total. The van der Waals surface area contributed by atoms with Crippen molar-refractivity contribution < 1.29 is 14.3 Å². The van der Waals surface area contributed by atoms with E-state index in [0.29, 0.717) is 24.6 Å². The molecule has 2 aliphatic rings. The van der Waals surface area contributed by atoms with Crippen LogP contribution in [0, 0.1) is 18.8 Å². The number of rotatable bonds is 6. The first-order valence-electron chi connectivity index (χ1n) is 10.3. The van der Waals surface area contributed by atoms with Crippen molar-refractivity contribution in [1.29, 1.82) is 0 Å². The van der Waals surface area contributed by atoms with Gasteiger partial charge < -0.3 is 15.0 Å². The SMILES string of the molecule is COc1cccc(C2CN(C(=O)c3ccc(C)cc3)CC2C(=O)NCC2CC2)c1. The van der Waals surface area contributed by atoms with Gasteiger partial charge in [0.2, 0.25) is 5.91 Å². The number of amides is 2. The minimum Gasteiger partial charge on any atom is -0.497 e. The van der Waals surface area contributed by atoms with Crippen molar-refractivity contribution in [2.75, 3.05) is 26.7 Å². The van der Waals surface area contributed by atoms with Gasteiger partial charge in [0, 0.05) is 31.1 Å². The number of ether oxygens (including phenoxy) is 1. The molecule has 0 spiro atoms. The topological polar surface area (TPSA) is 58.6 Å². The largest absolute Gasteiger partial charge is 0.497 e. The summed E-state index contributed by atoms with van der Waals surface area (Å²) in [4.78, 5) is 27.9. The molecule has 5 heteroatoms. The van der Waals surface area contributed by atoms with E-state index in [1.165, 1.54) is 12.8 Å². The second kappa shape index (κ2) is 8.27. The zero-order valence-corrected chi connectivity index (χ0v) is 17.1. The van der Waals surface area contributed by atoms with Crippen LogP contribution < -0.4 is 10.1 Å². The predicted octanol–water partition coefficient (Wildman–Crippen LogP) is 3.39. The number of carbonyl (C=O) groups excluding carboxylic acids is 2. The Morgan fingerprint density at radius 1 is 1.10 bits per heavy atom. The maximum Gasteiger partial charge on any atom is 0.253 e. The highest BCUT2D eigenvalue weighted by atomic mass is 16.5. The molecule has 2 atom stereocenters. The van der Waals surface area contributed by atoms with Crippen molar-refractivity contribution >= 4 is 11.8 Å². The molecule has 2 aromatic rings. The highest BCUT2D eigenvalue weighted by Crippen LogP contribution is 2.35. The van der Waals surface area contributed by atoms with Gasteiger partial charge in [-0.2, -0.15) is 0 Å². The summed E-state index contributed by atoms with van der Waals surface area (Å²) in [6.07, 6.45) is 2.39. The van der Waals surface area contributed by atoms with Gasteiger partial charge in [0.25, 0.3) is 5.91 Å². The fraction of sp³-hybridized carbons (Fsp3) is 0.417. The van der Waals surface area contributed by atoms with Crippen molar-refractivity contribution in [1.82, 2.24) is 10.2 Å². The second-order valence-electron chi connectivity index (χ2n) is 8.25. The summed E-state index contributed by atoms with van der Waals surface area (Å²) < 4.78 is 5.37. The van der Waals surface area contributed by atoms with Gasteiger partial charge in [0.15, 0.2) is 0 Å². The summed E-state index contributed by atoms with van der Waals surface area (Å²) in [6, 6.07) is 15.5. The van der Waals surface area contributed by atoms with Gasteiger partial charge in [0.1, 0.15) is 5.75 Å². The van der Waals surface area contributed by atoms with Gasteiger partial charge in [-0.25, -0.2) is 0 Å². The van der Waals surface area contributed by atoms with Gasteiger partial charge in [-0.15, -0.1) is 0 Å². The summed E-state index contributed by atoms with van der Waals surface area (Å²) in [7, 11) is 1.64. The monoisotopic (exact) mass is 392 g/mol. The summed E-state index contributed by atoms with van der Waals surface area (Å²) in [5, 5.41) is 3.11. The van der Waals surface area contributed by atoms with Crippen LogP contribution in [0.5, 0.6) is 5.75 Å². The smallest absolute Gasteiger partial charge is 0.253 e. The van der Waals surface area contributed by atoms with Crippen LogP contribution in [0.4, 0.5) is 0 Å². The zero-order chi connectivity index (χ0) is 20.4. The molecule has 0 aromatic heterocycles. The number of carbonyl (C=O) groups is 2. The molecule has 5 nitrogen and oxygen atoms in total. The van der Waals surface area contributed by atoms with Gasteiger partial charge in [-0.05, 0) is 55.5 Å². The lowest BCUT2D eigenvalue weighted by atomic mass is 9.88. The average Bonchev–Trinajstić information content (AvgIpc) is 3.47. The van der Waals surface area contributed by atoms with Gasteiger partial charge >= 0.3 is 0 Å². The number of aryl methyl sites for hydroxylation is 1. The van der Waals surface area contributed by atoms with Crippen molar-refractivity contribution in [3.63, 3.8) is 0 Å². The van der Waals surface area contributed by atoms with E-state index in [1.54, 1.807) is 7.11 Å².